The van der Waals surface area contributed by atoms with Crippen molar-refractivity contribution in [2.45, 2.75) is 13.1 Å². The topological polar surface area (TPSA) is 149 Å². The summed E-state index contributed by atoms with van der Waals surface area (Å²) in [6.07, 6.45) is -5.79. The van der Waals surface area contributed by atoms with Crippen LogP contribution in [0.25, 0.3) is 0 Å². The van der Waals surface area contributed by atoms with Gasteiger partial charge in [-0.05, 0) is 55.5 Å². The zero-order valence-electron chi connectivity index (χ0n) is 20.8. The Balaban J connectivity index is 0.00000274. The van der Waals surface area contributed by atoms with Gasteiger partial charge in [-0.25, -0.2) is 14.0 Å². The lowest BCUT2D eigenvalue weighted by molar-refractivity contribution is -0.137. The molecule has 0 bridgehead atoms. The molecule has 212 valence electrons. The van der Waals surface area contributed by atoms with E-state index in [1.54, 1.807) is 6.92 Å². The van der Waals surface area contributed by atoms with Crippen molar-refractivity contribution in [1.29, 1.82) is 5.41 Å². The van der Waals surface area contributed by atoms with Crippen molar-refractivity contribution in [2.24, 2.45) is 0 Å². The highest BCUT2D eigenvalue weighted by atomic mass is 35.5. The van der Waals surface area contributed by atoms with E-state index in [1.807, 2.05) is 0 Å². The van der Waals surface area contributed by atoms with E-state index in [0.717, 1.165) is 37.4 Å². The second-order valence-electron chi connectivity index (χ2n) is 7.59. The lowest BCUT2D eigenvalue weighted by Crippen LogP contribution is -2.21. The summed E-state index contributed by atoms with van der Waals surface area (Å²) in [7, 11) is 1.00. The number of carbonyl (C=O) groups is 3. The highest BCUT2D eigenvalue weighted by molar-refractivity contribution is 6.35. The number of carboxylic acids is 1. The van der Waals surface area contributed by atoms with Crippen LogP contribution in [0.3, 0.4) is 0 Å². The second-order valence-corrected chi connectivity index (χ2v) is 8.00. The molecule has 0 saturated carbocycles. The molecule has 0 aromatic heterocycles. The zero-order chi connectivity index (χ0) is 30.2. The van der Waals surface area contributed by atoms with Crippen LogP contribution in [0.15, 0.2) is 54.6 Å². The van der Waals surface area contributed by atoms with Crippen molar-refractivity contribution >= 4 is 46.7 Å². The molecule has 3 aromatic carbocycles. The molecule has 0 unspecified atom stereocenters. The molecule has 0 radical (unpaired) electrons. The Bertz CT molecular complexity index is 1450. The van der Waals surface area contributed by atoms with E-state index in [1.165, 1.54) is 12.1 Å². The van der Waals surface area contributed by atoms with Crippen molar-refractivity contribution in [3.05, 3.63) is 93.3 Å². The molecule has 40 heavy (non-hydrogen) atoms. The third-order valence-corrected chi connectivity index (χ3v) is 5.41. The van der Waals surface area contributed by atoms with E-state index >= 15 is 0 Å². The number of amides is 2. The van der Waals surface area contributed by atoms with Gasteiger partial charge in [0.05, 0.1) is 39.7 Å². The van der Waals surface area contributed by atoms with Gasteiger partial charge < -0.3 is 20.3 Å². The van der Waals surface area contributed by atoms with Gasteiger partial charge in [0.25, 0.3) is 5.91 Å². The molecule has 0 aliphatic rings. The second kappa shape index (κ2) is 13.5. The smallest absolute Gasteiger partial charge is 0.417 e. The molecule has 0 fully saturated rings. The fraction of sp³-hybridized carbons (Fsp3) is 0.154. The first-order valence-electron chi connectivity index (χ1n) is 11.1. The Hall–Kier alpha value is -4.49. The van der Waals surface area contributed by atoms with Crippen LogP contribution in [0.4, 0.5) is 33.7 Å². The summed E-state index contributed by atoms with van der Waals surface area (Å²) in [5.41, 5.74) is -3.86. The number of hydrogen-bond donors (Lipinski definition) is 5. The number of benzene rings is 3. The number of rotatable bonds is 7. The van der Waals surface area contributed by atoms with E-state index in [0.29, 0.717) is 12.1 Å². The Morgan fingerprint density at radius 2 is 1.65 bits per heavy atom. The van der Waals surface area contributed by atoms with Crippen molar-refractivity contribution < 1.29 is 46.9 Å². The summed E-state index contributed by atoms with van der Waals surface area (Å²) in [4.78, 5) is 36.0. The number of halogens is 5. The van der Waals surface area contributed by atoms with E-state index in [4.69, 9.17) is 32.0 Å². The van der Waals surface area contributed by atoms with Crippen LogP contribution in [0.5, 0.6) is 0 Å². The predicted molar refractivity (Wildman–Crippen MR) is 139 cm³/mol. The summed E-state index contributed by atoms with van der Waals surface area (Å²) in [6.45, 7) is 1.60. The number of ether oxygens (including phenoxy) is 1. The van der Waals surface area contributed by atoms with Gasteiger partial charge in [-0.3, -0.25) is 15.5 Å². The maximum atomic E-state index is 14.7. The summed E-state index contributed by atoms with van der Waals surface area (Å²) in [5.74, 6) is -3.75. The first-order valence-corrected chi connectivity index (χ1v) is 11.5. The van der Waals surface area contributed by atoms with E-state index in [2.05, 4.69) is 10.6 Å². The van der Waals surface area contributed by atoms with Gasteiger partial charge in [0.2, 0.25) is 0 Å². The van der Waals surface area contributed by atoms with Gasteiger partial charge in [-0.1, -0.05) is 17.7 Å². The lowest BCUT2D eigenvalue weighted by atomic mass is 9.98. The normalized spacial score (nSPS) is 10.6. The van der Waals surface area contributed by atoms with Crippen molar-refractivity contribution in [3.8, 4) is 0 Å². The van der Waals surface area contributed by atoms with Crippen LogP contribution in [0.2, 0.25) is 5.02 Å². The third-order valence-electron chi connectivity index (χ3n) is 5.09. The van der Waals surface area contributed by atoms with Gasteiger partial charge in [0, 0.05) is 23.9 Å². The highest BCUT2D eigenvalue weighted by Gasteiger charge is 2.36. The van der Waals surface area contributed by atoms with Crippen molar-refractivity contribution in [2.75, 3.05) is 24.4 Å². The number of anilines is 2. The number of aliphatic hydroxyl groups excluding tert-OH is 1. The molecular formula is C26H22ClF4N3O6. The Morgan fingerprint density at radius 1 is 1.00 bits per heavy atom. The van der Waals surface area contributed by atoms with Crippen LogP contribution >= 0.6 is 11.6 Å². The maximum absolute atomic E-state index is 14.7. The first-order chi connectivity index (χ1) is 18.8. The van der Waals surface area contributed by atoms with Gasteiger partial charge in [-0.15, -0.1) is 0 Å². The number of alkyl halides is 3. The Labute approximate surface area is 229 Å². The Kier molecular flexibility index (Phi) is 10.7. The fourth-order valence-electron chi connectivity index (χ4n) is 3.40. The molecule has 0 atom stereocenters. The van der Waals surface area contributed by atoms with Crippen molar-refractivity contribution in [1.82, 2.24) is 0 Å². The monoisotopic (exact) mass is 583 g/mol. The molecule has 14 heteroatoms. The average molecular weight is 584 g/mol. The van der Waals surface area contributed by atoms with Crippen LogP contribution in [0.1, 0.15) is 44.3 Å². The minimum atomic E-state index is -4.92. The SMILES string of the molecule is CCOC(=O)Nc1ccc(C(=N)c2ccc(C(=O)O)cc2F)c(NC(=O)c2c(Cl)cccc2C(F)(F)F)c1.CO. The van der Waals surface area contributed by atoms with E-state index < -0.39 is 51.8 Å². The molecule has 2 amide bonds. The molecule has 0 spiro atoms. The van der Waals surface area contributed by atoms with E-state index in [-0.39, 0.29) is 34.7 Å². The number of carbonyl (C=O) groups excluding carboxylic acids is 2. The number of aromatic carboxylic acids is 1. The summed E-state index contributed by atoms with van der Waals surface area (Å²) < 4.78 is 60.1. The minimum absolute atomic E-state index is 0.0344. The lowest BCUT2D eigenvalue weighted by Gasteiger charge is -2.17. The standard InChI is InChI=1S/C25H18ClF4N3O5.CH4O/c1-2-38-24(37)32-13-7-9-15(21(31)14-8-6-12(23(35)36)10-18(14)27)19(11-13)33-22(34)20-16(25(28,29)30)4-3-5-17(20)26;1-2/h3-11,31H,2H2,1H3,(H,32,37)(H,33,34)(H,35,36);2H,1H3. The zero-order valence-corrected chi connectivity index (χ0v) is 21.6. The van der Waals surface area contributed by atoms with Crippen LogP contribution in [0, 0.1) is 11.2 Å². The number of hydrogen-bond acceptors (Lipinski definition) is 6. The average Bonchev–Trinajstić information content (AvgIpc) is 2.89. The van der Waals surface area contributed by atoms with Crippen molar-refractivity contribution in [3.63, 3.8) is 0 Å². The summed E-state index contributed by atoms with van der Waals surface area (Å²) in [6, 6.07) is 9.20. The maximum Gasteiger partial charge on any atom is 0.417 e. The van der Waals surface area contributed by atoms with Crippen LogP contribution in [-0.4, -0.2) is 47.6 Å². The molecule has 0 aliphatic carbocycles. The first kappa shape index (κ1) is 31.7. The molecular weight excluding hydrogens is 562 g/mol. The molecule has 0 heterocycles. The molecule has 0 aliphatic heterocycles. The van der Waals surface area contributed by atoms with Gasteiger partial charge in [0.15, 0.2) is 0 Å². The van der Waals surface area contributed by atoms with Gasteiger partial charge in [-0.2, -0.15) is 13.2 Å². The molecule has 0 saturated heterocycles. The quantitative estimate of drug-likeness (QED) is 0.169. The fourth-order valence-corrected chi connectivity index (χ4v) is 3.66. The van der Waals surface area contributed by atoms with Gasteiger partial charge >= 0.3 is 18.2 Å². The van der Waals surface area contributed by atoms with Crippen LogP contribution in [-0.2, 0) is 10.9 Å². The number of nitrogens with one attached hydrogen (secondary N) is 3. The molecule has 9 nitrogen and oxygen atoms in total. The third kappa shape index (κ3) is 7.55. The molecule has 3 rings (SSSR count). The van der Waals surface area contributed by atoms with E-state index in [9.17, 15) is 31.9 Å². The predicted octanol–water partition coefficient (Wildman–Crippen LogP) is 6.04. The molecule has 5 N–H and O–H groups in total. The Morgan fingerprint density at radius 3 is 2.23 bits per heavy atom. The largest absolute Gasteiger partial charge is 0.478 e. The number of carboxylic acid groups (broad SMARTS) is 1. The van der Waals surface area contributed by atoms with Crippen LogP contribution < -0.4 is 10.6 Å². The summed E-state index contributed by atoms with van der Waals surface area (Å²) >= 11 is 5.92. The minimum Gasteiger partial charge on any atom is -0.478 e. The molecule has 3 aromatic rings. The van der Waals surface area contributed by atoms with Gasteiger partial charge in [0.1, 0.15) is 5.82 Å². The number of aliphatic hydroxyl groups is 1. The summed E-state index contributed by atoms with van der Waals surface area (Å²) in [5, 5.41) is 28.6. The highest BCUT2D eigenvalue weighted by Crippen LogP contribution is 2.36.